The van der Waals surface area contributed by atoms with E-state index in [1.54, 1.807) is 0 Å². The van der Waals surface area contributed by atoms with Crippen molar-refractivity contribution in [2.24, 2.45) is 0 Å². The van der Waals surface area contributed by atoms with Gasteiger partial charge >= 0.3 is 0 Å². The van der Waals surface area contributed by atoms with E-state index in [2.05, 4.69) is 30.4 Å². The standard InChI is InChI=1S/C26H31N3O2S/c1-20-10-12-21(13-11-20)16-27-25(30)19-32-24-17-29(23-9-5-4-8-22(23)24)18-26(31)28-14-6-2-3-7-15-28/h4-5,8-13,17H,2-3,6-7,14-16,18-19H2,1H3,(H,27,30). The smallest absolute Gasteiger partial charge is 0.242 e. The molecule has 0 unspecified atom stereocenters. The molecule has 5 nitrogen and oxygen atoms in total. The van der Waals surface area contributed by atoms with Crippen molar-refractivity contribution in [1.29, 1.82) is 0 Å². The molecule has 2 aromatic carbocycles. The molecule has 0 spiro atoms. The third kappa shape index (κ3) is 5.74. The quantitative estimate of drug-likeness (QED) is 0.529. The number of nitrogens with one attached hydrogen (secondary N) is 1. The molecule has 1 aliphatic heterocycles. The Morgan fingerprint density at radius 1 is 0.969 bits per heavy atom. The summed E-state index contributed by atoms with van der Waals surface area (Å²) < 4.78 is 2.04. The number of carbonyl (C=O) groups excluding carboxylic acids is 2. The second-order valence-corrected chi connectivity index (χ2v) is 9.50. The van der Waals surface area contributed by atoms with E-state index in [1.165, 1.54) is 30.2 Å². The van der Waals surface area contributed by atoms with Crippen LogP contribution in [0.2, 0.25) is 0 Å². The Morgan fingerprint density at radius 3 is 2.44 bits per heavy atom. The molecule has 0 aliphatic carbocycles. The normalized spacial score (nSPS) is 14.3. The minimum absolute atomic E-state index is 0.00745. The number of aromatic nitrogens is 1. The lowest BCUT2D eigenvalue weighted by atomic mass is 10.1. The Bertz CT molecular complexity index is 1070. The number of rotatable bonds is 7. The van der Waals surface area contributed by atoms with Gasteiger partial charge in [0, 0.05) is 41.6 Å². The van der Waals surface area contributed by atoms with Crippen molar-refractivity contribution in [2.45, 2.75) is 50.6 Å². The van der Waals surface area contributed by atoms with Crippen LogP contribution in [0.5, 0.6) is 0 Å². The predicted octanol–water partition coefficient (Wildman–Crippen LogP) is 4.76. The number of likely N-dealkylation sites (tertiary alicyclic amines) is 1. The van der Waals surface area contributed by atoms with Crippen molar-refractivity contribution in [3.05, 3.63) is 65.9 Å². The van der Waals surface area contributed by atoms with E-state index in [1.807, 2.05) is 46.0 Å². The lowest BCUT2D eigenvalue weighted by molar-refractivity contribution is -0.131. The maximum absolute atomic E-state index is 12.9. The van der Waals surface area contributed by atoms with Crippen LogP contribution >= 0.6 is 11.8 Å². The van der Waals surface area contributed by atoms with Crippen LogP contribution in [-0.2, 0) is 22.7 Å². The van der Waals surface area contributed by atoms with Crippen molar-refractivity contribution < 1.29 is 9.59 Å². The number of hydrogen-bond donors (Lipinski definition) is 1. The molecule has 0 saturated carbocycles. The molecule has 32 heavy (non-hydrogen) atoms. The summed E-state index contributed by atoms with van der Waals surface area (Å²) in [4.78, 5) is 28.4. The van der Waals surface area contributed by atoms with Gasteiger partial charge in [-0.05, 0) is 31.4 Å². The number of fused-ring (bicyclic) bond motifs is 1. The number of para-hydroxylation sites is 1. The highest BCUT2D eigenvalue weighted by Crippen LogP contribution is 2.30. The zero-order valence-electron chi connectivity index (χ0n) is 18.7. The molecule has 6 heteroatoms. The molecule has 0 atom stereocenters. The molecule has 1 saturated heterocycles. The number of benzene rings is 2. The molecule has 2 heterocycles. The van der Waals surface area contributed by atoms with Gasteiger partial charge in [-0.15, -0.1) is 11.8 Å². The molecular formula is C26H31N3O2S. The second kappa shape index (κ2) is 10.7. The van der Waals surface area contributed by atoms with Crippen LogP contribution in [0.15, 0.2) is 59.6 Å². The predicted molar refractivity (Wildman–Crippen MR) is 131 cm³/mol. The van der Waals surface area contributed by atoms with Gasteiger partial charge in [0.15, 0.2) is 0 Å². The summed E-state index contributed by atoms with van der Waals surface area (Å²) in [7, 11) is 0. The monoisotopic (exact) mass is 449 g/mol. The molecule has 3 aromatic rings. The van der Waals surface area contributed by atoms with Crippen molar-refractivity contribution in [3.63, 3.8) is 0 Å². The molecule has 1 aromatic heterocycles. The minimum atomic E-state index is 0.00745. The number of amides is 2. The molecule has 1 aliphatic rings. The molecule has 2 amide bonds. The van der Waals surface area contributed by atoms with Gasteiger partial charge in [-0.2, -0.15) is 0 Å². The summed E-state index contributed by atoms with van der Waals surface area (Å²) >= 11 is 1.52. The number of carbonyl (C=O) groups is 2. The van der Waals surface area contributed by atoms with Crippen LogP contribution in [0, 0.1) is 6.92 Å². The Balaban J connectivity index is 1.39. The van der Waals surface area contributed by atoms with Crippen molar-refractivity contribution in [3.8, 4) is 0 Å². The first-order valence-electron chi connectivity index (χ1n) is 11.4. The SMILES string of the molecule is Cc1ccc(CNC(=O)CSc2cn(CC(=O)N3CCCCCC3)c3ccccc23)cc1. The van der Waals surface area contributed by atoms with Crippen LogP contribution in [0.3, 0.4) is 0 Å². The van der Waals surface area contributed by atoms with Gasteiger partial charge in [0.2, 0.25) is 11.8 Å². The number of aryl methyl sites for hydroxylation is 1. The molecule has 0 radical (unpaired) electrons. The topological polar surface area (TPSA) is 54.3 Å². The van der Waals surface area contributed by atoms with Crippen molar-refractivity contribution >= 4 is 34.5 Å². The van der Waals surface area contributed by atoms with Gasteiger partial charge in [-0.25, -0.2) is 0 Å². The van der Waals surface area contributed by atoms with E-state index in [9.17, 15) is 9.59 Å². The largest absolute Gasteiger partial charge is 0.351 e. The lowest BCUT2D eigenvalue weighted by Crippen LogP contribution is -2.34. The highest BCUT2D eigenvalue weighted by atomic mass is 32.2. The summed E-state index contributed by atoms with van der Waals surface area (Å²) in [5.74, 6) is 0.535. The zero-order valence-corrected chi connectivity index (χ0v) is 19.5. The highest BCUT2D eigenvalue weighted by molar-refractivity contribution is 8.00. The van der Waals surface area contributed by atoms with Gasteiger partial charge in [0.1, 0.15) is 6.54 Å². The summed E-state index contributed by atoms with van der Waals surface area (Å²) in [5.41, 5.74) is 3.34. The van der Waals surface area contributed by atoms with E-state index < -0.39 is 0 Å². The van der Waals surface area contributed by atoms with Gasteiger partial charge in [0.05, 0.1) is 5.75 Å². The van der Waals surface area contributed by atoms with Crippen LogP contribution in [0.1, 0.15) is 36.8 Å². The van der Waals surface area contributed by atoms with Crippen molar-refractivity contribution in [1.82, 2.24) is 14.8 Å². The Morgan fingerprint density at radius 2 is 1.69 bits per heavy atom. The fourth-order valence-corrected chi connectivity index (χ4v) is 5.04. The molecule has 1 N–H and O–H groups in total. The van der Waals surface area contributed by atoms with Gasteiger partial charge in [-0.3, -0.25) is 9.59 Å². The second-order valence-electron chi connectivity index (χ2n) is 8.48. The lowest BCUT2D eigenvalue weighted by Gasteiger charge is -2.20. The minimum Gasteiger partial charge on any atom is -0.351 e. The van der Waals surface area contributed by atoms with Crippen LogP contribution in [0.4, 0.5) is 0 Å². The van der Waals surface area contributed by atoms with Crippen LogP contribution in [0.25, 0.3) is 10.9 Å². The average molecular weight is 450 g/mol. The van der Waals surface area contributed by atoms with E-state index in [-0.39, 0.29) is 11.8 Å². The summed E-state index contributed by atoms with van der Waals surface area (Å²) in [6.45, 7) is 4.66. The first-order chi connectivity index (χ1) is 15.6. The van der Waals surface area contributed by atoms with Crippen molar-refractivity contribution in [2.75, 3.05) is 18.8 Å². The third-order valence-electron chi connectivity index (χ3n) is 5.99. The van der Waals surface area contributed by atoms with Gasteiger partial charge in [0.25, 0.3) is 0 Å². The fraction of sp³-hybridized carbons (Fsp3) is 0.385. The Kier molecular flexibility index (Phi) is 7.53. The van der Waals surface area contributed by atoms with E-state index in [0.717, 1.165) is 47.3 Å². The zero-order chi connectivity index (χ0) is 22.3. The van der Waals surface area contributed by atoms with Crippen LogP contribution in [-0.4, -0.2) is 40.1 Å². The fourth-order valence-electron chi connectivity index (χ4n) is 4.13. The van der Waals surface area contributed by atoms with E-state index >= 15 is 0 Å². The maximum Gasteiger partial charge on any atom is 0.242 e. The Hall–Kier alpha value is -2.73. The number of thioether (sulfide) groups is 1. The third-order valence-corrected chi connectivity index (χ3v) is 7.03. The first kappa shape index (κ1) is 22.5. The summed E-state index contributed by atoms with van der Waals surface area (Å²) in [5, 5.41) is 4.09. The summed E-state index contributed by atoms with van der Waals surface area (Å²) in [6.07, 6.45) is 6.64. The molecule has 1 fully saturated rings. The van der Waals surface area contributed by atoms with E-state index in [0.29, 0.717) is 18.8 Å². The molecule has 168 valence electrons. The van der Waals surface area contributed by atoms with Gasteiger partial charge < -0.3 is 14.8 Å². The number of hydrogen-bond acceptors (Lipinski definition) is 3. The highest BCUT2D eigenvalue weighted by Gasteiger charge is 2.18. The summed E-state index contributed by atoms with van der Waals surface area (Å²) in [6, 6.07) is 16.3. The molecule has 0 bridgehead atoms. The average Bonchev–Trinajstić information content (AvgIpc) is 2.97. The first-order valence-corrected chi connectivity index (χ1v) is 12.4. The molecule has 4 rings (SSSR count). The van der Waals surface area contributed by atoms with Crippen LogP contribution < -0.4 is 5.32 Å². The Labute approximate surface area is 194 Å². The number of nitrogens with zero attached hydrogens (tertiary/aromatic N) is 2. The van der Waals surface area contributed by atoms with E-state index in [4.69, 9.17) is 0 Å². The molecular weight excluding hydrogens is 418 g/mol. The van der Waals surface area contributed by atoms with Gasteiger partial charge in [-0.1, -0.05) is 60.9 Å². The maximum atomic E-state index is 12.9.